The zero-order chi connectivity index (χ0) is 30.9. The molecule has 4 unspecified atom stereocenters. The van der Waals surface area contributed by atoms with Crippen LogP contribution in [0.2, 0.25) is 0 Å². The molecule has 2 aliphatic heterocycles. The molecule has 3 aromatic rings. The highest BCUT2D eigenvalue weighted by Gasteiger charge is 2.40. The fourth-order valence-electron chi connectivity index (χ4n) is 6.63. The Hall–Kier alpha value is -2.90. The second-order valence-corrected chi connectivity index (χ2v) is 12.9. The molecule has 6 nitrogen and oxygen atoms in total. The molecule has 0 bridgehead atoms. The Morgan fingerprint density at radius 1 is 0.622 bits per heavy atom. The molecule has 1 aliphatic carbocycles. The molecule has 0 saturated carbocycles. The van der Waals surface area contributed by atoms with Gasteiger partial charge in [0.25, 0.3) is 0 Å². The van der Waals surface area contributed by atoms with Crippen LogP contribution in [0.3, 0.4) is 0 Å². The highest BCUT2D eigenvalue weighted by Crippen LogP contribution is 2.45. The molecule has 6 rings (SSSR count). The SMILES string of the molecule is CCCC(CCOc1ccc(C2(c3ccc(OCCC(CCC)OCC4CO4)cc3)Cc3ccccc3C2)cc1)OCC1CO1. The van der Waals surface area contributed by atoms with E-state index in [-0.39, 0.29) is 17.6 Å². The lowest BCUT2D eigenvalue weighted by atomic mass is 9.72. The van der Waals surface area contributed by atoms with Gasteiger partial charge in [0.05, 0.1) is 51.8 Å². The lowest BCUT2D eigenvalue weighted by molar-refractivity contribution is 0.0234. The number of fused-ring (bicyclic) bond motifs is 1. The third-order valence-corrected chi connectivity index (χ3v) is 9.40. The van der Waals surface area contributed by atoms with Crippen LogP contribution in [0, 0.1) is 0 Å². The highest BCUT2D eigenvalue weighted by atomic mass is 16.6. The summed E-state index contributed by atoms with van der Waals surface area (Å²) >= 11 is 0. The Labute approximate surface area is 269 Å². The quantitative estimate of drug-likeness (QED) is 0.123. The first-order valence-electron chi connectivity index (χ1n) is 17.1. The van der Waals surface area contributed by atoms with Gasteiger partial charge in [-0.25, -0.2) is 0 Å². The maximum atomic E-state index is 6.20. The van der Waals surface area contributed by atoms with E-state index in [1.165, 1.54) is 22.3 Å². The minimum absolute atomic E-state index is 0.128. The Balaban J connectivity index is 1.09. The summed E-state index contributed by atoms with van der Waals surface area (Å²) in [4.78, 5) is 0. The van der Waals surface area contributed by atoms with Crippen molar-refractivity contribution < 1.29 is 28.4 Å². The minimum atomic E-state index is -0.128. The number of benzene rings is 3. The molecular weight excluding hydrogens is 564 g/mol. The number of rotatable bonds is 20. The lowest BCUT2D eigenvalue weighted by Gasteiger charge is -2.31. The summed E-state index contributed by atoms with van der Waals surface area (Å²) in [6, 6.07) is 26.4. The van der Waals surface area contributed by atoms with E-state index in [9.17, 15) is 0 Å². The molecule has 0 radical (unpaired) electrons. The normalized spacial score (nSPS) is 20.8. The van der Waals surface area contributed by atoms with Crippen molar-refractivity contribution in [2.75, 3.05) is 39.6 Å². The summed E-state index contributed by atoms with van der Waals surface area (Å²) < 4.78 is 35.1. The summed E-state index contributed by atoms with van der Waals surface area (Å²) in [7, 11) is 0. The first kappa shape index (κ1) is 32.1. The van der Waals surface area contributed by atoms with E-state index in [0.717, 1.165) is 76.1 Å². The first-order chi connectivity index (χ1) is 22.1. The summed E-state index contributed by atoms with van der Waals surface area (Å²) in [5.74, 6) is 1.81. The third kappa shape index (κ3) is 8.88. The standard InChI is InChI=1S/C39H50O6/c1-3-7-33(42-25-37-27-44-37)19-21-40-35-15-11-31(12-16-35)39(23-29-9-5-6-10-30(29)24-39)32-13-17-36(18-14-32)41-22-20-34(8-4-2)43-26-38-28-45-38/h5-6,9-18,33-34,37-38H,3-4,7-8,19-28H2,1-2H3. The van der Waals surface area contributed by atoms with Gasteiger partial charge < -0.3 is 28.4 Å². The van der Waals surface area contributed by atoms with Crippen molar-refractivity contribution in [3.05, 3.63) is 95.1 Å². The zero-order valence-corrected chi connectivity index (χ0v) is 27.1. The van der Waals surface area contributed by atoms with Gasteiger partial charge in [-0.1, -0.05) is 75.2 Å². The predicted molar refractivity (Wildman–Crippen MR) is 177 cm³/mol. The second-order valence-electron chi connectivity index (χ2n) is 12.9. The fourth-order valence-corrected chi connectivity index (χ4v) is 6.63. The summed E-state index contributed by atoms with van der Waals surface area (Å²) in [6.07, 6.45) is 9.07. The molecule has 2 saturated heterocycles. The van der Waals surface area contributed by atoms with Gasteiger partial charge in [-0.2, -0.15) is 0 Å². The first-order valence-corrected chi connectivity index (χ1v) is 17.1. The lowest BCUT2D eigenvalue weighted by Crippen LogP contribution is -2.28. The average Bonchev–Trinajstić information content (AvgIpc) is 4.01. The van der Waals surface area contributed by atoms with Crippen LogP contribution in [-0.4, -0.2) is 64.1 Å². The Kier molecular flexibility index (Phi) is 11.1. The summed E-state index contributed by atoms with van der Waals surface area (Å²) in [5, 5.41) is 0. The zero-order valence-electron chi connectivity index (χ0n) is 27.1. The van der Waals surface area contributed by atoms with E-state index in [1.807, 2.05) is 0 Å². The van der Waals surface area contributed by atoms with Gasteiger partial charge >= 0.3 is 0 Å². The smallest absolute Gasteiger partial charge is 0.119 e. The van der Waals surface area contributed by atoms with Crippen LogP contribution >= 0.6 is 0 Å². The Morgan fingerprint density at radius 2 is 1.04 bits per heavy atom. The molecule has 4 atom stereocenters. The third-order valence-electron chi connectivity index (χ3n) is 9.40. The van der Waals surface area contributed by atoms with Gasteiger partial charge in [0, 0.05) is 18.3 Å². The van der Waals surface area contributed by atoms with Gasteiger partial charge in [0.1, 0.15) is 23.7 Å². The summed E-state index contributed by atoms with van der Waals surface area (Å²) in [6.45, 7) is 8.75. The molecular formula is C39H50O6. The Bertz CT molecular complexity index is 1210. The number of ether oxygens (including phenoxy) is 6. The van der Waals surface area contributed by atoms with E-state index in [4.69, 9.17) is 28.4 Å². The molecule has 6 heteroatoms. The van der Waals surface area contributed by atoms with Gasteiger partial charge in [0.2, 0.25) is 0 Å². The van der Waals surface area contributed by atoms with Crippen molar-refractivity contribution in [2.45, 2.75) is 95.0 Å². The van der Waals surface area contributed by atoms with Gasteiger partial charge in [0.15, 0.2) is 0 Å². The minimum Gasteiger partial charge on any atom is -0.493 e. The highest BCUT2D eigenvalue weighted by molar-refractivity contribution is 5.51. The van der Waals surface area contributed by atoms with Crippen molar-refractivity contribution in [1.29, 1.82) is 0 Å². The van der Waals surface area contributed by atoms with Crippen molar-refractivity contribution in [1.82, 2.24) is 0 Å². The number of hydrogen-bond acceptors (Lipinski definition) is 6. The van der Waals surface area contributed by atoms with Crippen molar-refractivity contribution >= 4 is 0 Å². The molecule has 2 fully saturated rings. The van der Waals surface area contributed by atoms with Gasteiger partial charge in [-0.15, -0.1) is 0 Å². The van der Waals surface area contributed by atoms with Crippen LogP contribution in [0.25, 0.3) is 0 Å². The number of hydrogen-bond donors (Lipinski definition) is 0. The molecule has 0 N–H and O–H groups in total. The molecule has 3 aliphatic rings. The molecule has 0 spiro atoms. The van der Waals surface area contributed by atoms with E-state index in [2.05, 4.69) is 86.6 Å². The fraction of sp³-hybridized carbons (Fsp3) is 0.538. The Morgan fingerprint density at radius 3 is 1.42 bits per heavy atom. The average molecular weight is 615 g/mol. The monoisotopic (exact) mass is 614 g/mol. The van der Waals surface area contributed by atoms with E-state index >= 15 is 0 Å². The molecule has 0 amide bonds. The topological polar surface area (TPSA) is 62.0 Å². The van der Waals surface area contributed by atoms with E-state index < -0.39 is 0 Å². The van der Waals surface area contributed by atoms with Crippen molar-refractivity contribution in [3.63, 3.8) is 0 Å². The molecule has 2 heterocycles. The second kappa shape index (κ2) is 15.6. The van der Waals surface area contributed by atoms with Gasteiger partial charge in [-0.3, -0.25) is 0 Å². The van der Waals surface area contributed by atoms with Crippen molar-refractivity contribution in [3.8, 4) is 11.5 Å². The maximum absolute atomic E-state index is 6.20. The maximum Gasteiger partial charge on any atom is 0.119 e. The molecule has 3 aromatic carbocycles. The largest absolute Gasteiger partial charge is 0.493 e. The molecule has 0 aromatic heterocycles. The summed E-state index contributed by atoms with van der Waals surface area (Å²) in [5.41, 5.74) is 5.35. The van der Waals surface area contributed by atoms with Crippen LogP contribution in [0.15, 0.2) is 72.8 Å². The van der Waals surface area contributed by atoms with Gasteiger partial charge in [-0.05, 0) is 72.2 Å². The van der Waals surface area contributed by atoms with E-state index in [0.29, 0.717) is 38.6 Å². The van der Waals surface area contributed by atoms with Crippen LogP contribution in [0.5, 0.6) is 11.5 Å². The van der Waals surface area contributed by atoms with Crippen LogP contribution in [0.4, 0.5) is 0 Å². The predicted octanol–water partition coefficient (Wildman–Crippen LogP) is 7.48. The van der Waals surface area contributed by atoms with Crippen LogP contribution in [-0.2, 0) is 37.2 Å². The van der Waals surface area contributed by atoms with Crippen LogP contribution in [0.1, 0.15) is 74.6 Å². The molecule has 45 heavy (non-hydrogen) atoms. The van der Waals surface area contributed by atoms with Crippen LogP contribution < -0.4 is 9.47 Å². The number of epoxide rings is 2. The van der Waals surface area contributed by atoms with E-state index in [1.54, 1.807) is 0 Å². The van der Waals surface area contributed by atoms with Crippen molar-refractivity contribution in [2.24, 2.45) is 0 Å². The molecule has 242 valence electrons.